The Bertz CT molecular complexity index is 1900. The van der Waals surface area contributed by atoms with Crippen LogP contribution in [-0.2, 0) is 75.8 Å². The van der Waals surface area contributed by atoms with Gasteiger partial charge in [0.05, 0.1) is 75.3 Å². The Morgan fingerprint density at radius 3 is 1.15 bits per heavy atom. The second-order valence-electron chi connectivity index (χ2n) is 24.9. The highest BCUT2D eigenvalue weighted by Crippen LogP contribution is 2.46. The molecule has 0 spiro atoms. The van der Waals surface area contributed by atoms with Crippen LogP contribution in [-0.4, -0.2) is 217 Å². The Balaban J connectivity index is 0.786. The van der Waals surface area contributed by atoms with Crippen LogP contribution >= 0.6 is 0 Å². The fraction of sp³-hybridized carbons (Fsp3) is 1.00. The Kier molecular flexibility index (Phi) is 20.9. The number of ether oxygens (including phenoxy) is 16. The zero-order valence-corrected chi connectivity index (χ0v) is 48.9. The monoisotopic (exact) mass is 1130 g/mol. The van der Waals surface area contributed by atoms with E-state index in [4.69, 9.17) is 75.8 Å². The number of hydrogen-bond acceptors (Lipinski definition) is 22. The van der Waals surface area contributed by atoms with Gasteiger partial charge in [0.2, 0.25) is 0 Å². The van der Waals surface area contributed by atoms with Gasteiger partial charge in [-0.1, -0.05) is 90.0 Å². The molecule has 9 rings (SSSR count). The summed E-state index contributed by atoms with van der Waals surface area (Å²) in [5, 5.41) is 65.8. The van der Waals surface area contributed by atoms with Gasteiger partial charge in [-0.05, 0) is 55.8 Å². The summed E-state index contributed by atoms with van der Waals surface area (Å²) >= 11 is 0. The van der Waals surface area contributed by atoms with Crippen molar-refractivity contribution >= 4 is 0 Å². The van der Waals surface area contributed by atoms with Crippen molar-refractivity contribution in [2.24, 2.45) is 59.2 Å². The highest BCUT2D eigenvalue weighted by Gasteiger charge is 2.57. The van der Waals surface area contributed by atoms with Gasteiger partial charge in [0.15, 0.2) is 50.3 Å². The maximum Gasteiger partial charge on any atom is 0.187 e. The van der Waals surface area contributed by atoms with Crippen LogP contribution in [0.3, 0.4) is 0 Å². The third-order valence-corrected chi connectivity index (χ3v) is 20.1. The van der Waals surface area contributed by atoms with Crippen LogP contribution in [0.2, 0.25) is 0 Å². The lowest BCUT2D eigenvalue weighted by Crippen LogP contribution is -2.66. The first kappa shape index (κ1) is 62.6. The minimum Gasteiger partial charge on any atom is -0.394 e. The quantitative estimate of drug-likeness (QED) is 0.122. The van der Waals surface area contributed by atoms with Crippen molar-refractivity contribution in [1.29, 1.82) is 0 Å². The number of hydrogen-bond donors (Lipinski definition) is 6. The van der Waals surface area contributed by atoms with Crippen molar-refractivity contribution in [2.75, 3.05) is 26.4 Å². The molecule has 0 amide bonds. The van der Waals surface area contributed by atoms with Crippen LogP contribution in [0.25, 0.3) is 0 Å². The summed E-state index contributed by atoms with van der Waals surface area (Å²) in [6, 6.07) is 0. The van der Waals surface area contributed by atoms with Gasteiger partial charge in [0.25, 0.3) is 0 Å². The number of fused-ring (bicyclic) bond motifs is 3. The first-order chi connectivity index (χ1) is 37.6. The number of rotatable bonds is 17. The molecular formula is C57H98O22. The summed E-state index contributed by atoms with van der Waals surface area (Å²) < 4.78 is 102. The van der Waals surface area contributed by atoms with Gasteiger partial charge < -0.3 is 106 Å². The van der Waals surface area contributed by atoms with E-state index in [9.17, 15) is 30.6 Å². The smallest absolute Gasteiger partial charge is 0.187 e. The van der Waals surface area contributed by atoms with Crippen LogP contribution in [0.1, 0.15) is 116 Å². The number of aliphatic hydroxyl groups is 6. The Labute approximate surface area is 467 Å². The summed E-state index contributed by atoms with van der Waals surface area (Å²) in [5.74, 6) is -0.0825. The van der Waals surface area contributed by atoms with Crippen molar-refractivity contribution < 1.29 is 106 Å². The third kappa shape index (κ3) is 12.4. The molecule has 9 saturated heterocycles. The lowest BCUT2D eigenvalue weighted by molar-refractivity contribution is -0.391. The fourth-order valence-electron chi connectivity index (χ4n) is 13.7. The zero-order chi connectivity index (χ0) is 57.0. The van der Waals surface area contributed by atoms with Gasteiger partial charge in [0.1, 0.15) is 61.0 Å². The average molecular weight is 1140 g/mol. The van der Waals surface area contributed by atoms with E-state index in [0.717, 1.165) is 6.42 Å². The van der Waals surface area contributed by atoms with E-state index in [1.54, 1.807) is 6.92 Å². The summed E-state index contributed by atoms with van der Waals surface area (Å²) in [6.45, 7) is 28.8. The van der Waals surface area contributed by atoms with Crippen molar-refractivity contribution in [1.82, 2.24) is 0 Å². The third-order valence-electron chi connectivity index (χ3n) is 20.1. The van der Waals surface area contributed by atoms with E-state index < -0.39 is 124 Å². The molecule has 0 saturated carbocycles. The highest BCUT2D eigenvalue weighted by atomic mass is 16.8. The molecule has 22 nitrogen and oxygen atoms in total. The lowest BCUT2D eigenvalue weighted by Gasteiger charge is -2.52. The van der Waals surface area contributed by atoms with E-state index in [0.29, 0.717) is 19.4 Å². The molecule has 0 aliphatic carbocycles. The zero-order valence-electron chi connectivity index (χ0n) is 48.9. The molecule has 0 aromatic carbocycles. The molecule has 9 aliphatic heterocycles. The van der Waals surface area contributed by atoms with Crippen molar-refractivity contribution in [2.45, 2.75) is 276 Å². The number of aliphatic hydroxyl groups excluding tert-OH is 6. The molecule has 9 heterocycles. The molecule has 36 atom stereocenters. The Hall–Kier alpha value is -0.880. The van der Waals surface area contributed by atoms with Gasteiger partial charge >= 0.3 is 0 Å². The predicted octanol–water partition coefficient (Wildman–Crippen LogP) is 3.18. The van der Waals surface area contributed by atoms with Crippen molar-refractivity contribution in [3.63, 3.8) is 0 Å². The molecule has 22 heteroatoms. The van der Waals surface area contributed by atoms with Crippen molar-refractivity contribution in [3.8, 4) is 0 Å². The van der Waals surface area contributed by atoms with Gasteiger partial charge in [0, 0.05) is 29.6 Å². The standard InChI is InChI=1S/C57H98O22/c1-15-33-44(23(5)28(10)52(67-33)75-45-25(7)30(12)54(69-34(45)16-2)77-48-22(4)27(9)51-65-21-38(48)72-51)74-53-29(11)24(6)46(35(17-3)68-53)76-55-31(13)26(8)47(36(18-58)70-55)78-56-42(62)40(60)49(37(19-59)71-56)79-57-43(63)41(61)50-39(73-57)20-64-32(14)66-50/h22-63H,15-21H2,1-14H3/t22?,23-,24?,25-,26?,27?,28?,29?,30?,31?,32?,33?,34?,35?,36?,37?,38+,39?,40-,41-,42?,43?,44-,45-,46+,47+,48+,49+,50+,51-,52+,53-,54+,55-,56+,57+/m1/s1. The van der Waals surface area contributed by atoms with Gasteiger partial charge in [-0.25, -0.2) is 0 Å². The topological polar surface area (TPSA) is 269 Å². The van der Waals surface area contributed by atoms with Gasteiger partial charge in [-0.3, -0.25) is 0 Å². The molecule has 17 unspecified atom stereocenters. The molecule has 0 aromatic heterocycles. The molecular weight excluding hydrogens is 1040 g/mol. The van der Waals surface area contributed by atoms with E-state index in [1.165, 1.54) is 0 Å². The minimum atomic E-state index is -1.71. The van der Waals surface area contributed by atoms with Gasteiger partial charge in [-0.15, -0.1) is 0 Å². The van der Waals surface area contributed by atoms with E-state index in [-0.39, 0.29) is 115 Å². The second-order valence-corrected chi connectivity index (χ2v) is 24.9. The molecule has 0 aromatic rings. The summed E-state index contributed by atoms with van der Waals surface area (Å²) in [5.41, 5.74) is 0. The Morgan fingerprint density at radius 2 is 0.684 bits per heavy atom. The van der Waals surface area contributed by atoms with Crippen LogP contribution in [0.5, 0.6) is 0 Å². The first-order valence-corrected chi connectivity index (χ1v) is 30.0. The van der Waals surface area contributed by atoms with E-state index in [1.807, 2.05) is 13.8 Å². The van der Waals surface area contributed by atoms with Crippen LogP contribution in [0, 0.1) is 59.2 Å². The van der Waals surface area contributed by atoms with Crippen molar-refractivity contribution in [3.05, 3.63) is 0 Å². The Morgan fingerprint density at radius 1 is 0.329 bits per heavy atom. The fourth-order valence-corrected chi connectivity index (χ4v) is 13.7. The van der Waals surface area contributed by atoms with Crippen LogP contribution in [0.4, 0.5) is 0 Å². The van der Waals surface area contributed by atoms with E-state index in [2.05, 4.69) is 76.2 Å². The van der Waals surface area contributed by atoms with Crippen LogP contribution < -0.4 is 0 Å². The van der Waals surface area contributed by atoms with Crippen LogP contribution in [0.15, 0.2) is 0 Å². The molecule has 9 aliphatic rings. The summed E-state index contributed by atoms with van der Waals surface area (Å²) in [7, 11) is 0. The normalized spacial score (nSPS) is 55.3. The molecule has 9 fully saturated rings. The lowest BCUT2D eigenvalue weighted by atomic mass is 9.81. The maximum absolute atomic E-state index is 11.4. The maximum atomic E-state index is 11.4. The molecule has 458 valence electrons. The highest BCUT2D eigenvalue weighted by molar-refractivity contribution is 4.99. The predicted molar refractivity (Wildman–Crippen MR) is 277 cm³/mol. The summed E-state index contributed by atoms with van der Waals surface area (Å²) in [4.78, 5) is 0. The molecule has 2 bridgehead atoms. The first-order valence-electron chi connectivity index (χ1n) is 30.0. The summed E-state index contributed by atoms with van der Waals surface area (Å²) in [6.07, 6.45) is -18.4. The second kappa shape index (κ2) is 26.4. The average Bonchev–Trinajstić information content (AvgIpc) is 4.08. The largest absolute Gasteiger partial charge is 0.394 e. The molecule has 0 radical (unpaired) electrons. The molecule has 79 heavy (non-hydrogen) atoms. The molecule has 6 N–H and O–H groups in total. The minimum absolute atomic E-state index is 0.0131. The van der Waals surface area contributed by atoms with Gasteiger partial charge in [-0.2, -0.15) is 0 Å². The SMILES string of the molecule is CCC1O[C@H](O[C@H]2C(CC)O[C@@H](O[C@H]3C(CC)O[C@@H](O[C@H]4C(C)C(C)[C@@H]5OC[C@@H]4O5)C(C)[C@H]3C)C(C)[C@H]2C)C(C)C(C)[C@@H]1O[C@H]1OC(CO)[C@@H](O[C@@H]2OC(CO)[C@H](O[C@@H]3OC4COC(C)O[C@@H]4[C@H](O)C3O)[C@H](O)C2O)C(C)C1C. The van der Waals surface area contributed by atoms with E-state index >= 15 is 0 Å².